The molecule has 0 aliphatic rings. The summed E-state index contributed by atoms with van der Waals surface area (Å²) in [7, 11) is 1.91. The van der Waals surface area contributed by atoms with Crippen LogP contribution in [0.5, 0.6) is 0 Å². The van der Waals surface area contributed by atoms with E-state index < -0.39 is 0 Å². The van der Waals surface area contributed by atoms with Crippen molar-refractivity contribution in [3.05, 3.63) is 35.6 Å². The van der Waals surface area contributed by atoms with E-state index in [2.05, 4.69) is 12.2 Å². The van der Waals surface area contributed by atoms with E-state index in [1.807, 2.05) is 19.2 Å². The number of nitrogens with one attached hydrogen (secondary N) is 1. The fourth-order valence-electron chi connectivity index (χ4n) is 2.34. The minimum absolute atomic E-state index is 0.0946. The van der Waals surface area contributed by atoms with Crippen LogP contribution in [0.3, 0.4) is 0 Å². The molecule has 0 aliphatic carbocycles. The Morgan fingerprint density at radius 1 is 1.06 bits per heavy atom. The van der Waals surface area contributed by atoms with Gasteiger partial charge in [0.15, 0.2) is 0 Å². The predicted molar refractivity (Wildman–Crippen MR) is 76.2 cm³/mol. The molecule has 0 fully saturated rings. The Balaban J connectivity index is 2.32. The summed E-state index contributed by atoms with van der Waals surface area (Å²) in [5, 5.41) is 3.22. The molecule has 0 spiro atoms. The maximum absolute atomic E-state index is 13.7. The van der Waals surface area contributed by atoms with Crippen molar-refractivity contribution in [3.63, 3.8) is 0 Å². The molecule has 0 bridgehead atoms. The summed E-state index contributed by atoms with van der Waals surface area (Å²) in [5.74, 6) is -0.0946. The Kier molecular flexibility index (Phi) is 7.66. The minimum atomic E-state index is -0.0946. The lowest BCUT2D eigenvalue weighted by Crippen LogP contribution is -2.17. The Bertz CT molecular complexity index is 325. The van der Waals surface area contributed by atoms with Gasteiger partial charge in [-0.25, -0.2) is 4.39 Å². The topological polar surface area (TPSA) is 12.0 Å². The van der Waals surface area contributed by atoms with Gasteiger partial charge >= 0.3 is 0 Å². The van der Waals surface area contributed by atoms with Crippen LogP contribution in [0.4, 0.5) is 4.39 Å². The Morgan fingerprint density at radius 3 is 2.39 bits per heavy atom. The first-order chi connectivity index (χ1) is 8.79. The monoisotopic (exact) mass is 251 g/mol. The molecular weight excluding hydrogens is 225 g/mol. The molecular formula is C16H26FN. The van der Waals surface area contributed by atoms with E-state index in [9.17, 15) is 4.39 Å². The Morgan fingerprint density at radius 2 is 1.72 bits per heavy atom. The van der Waals surface area contributed by atoms with E-state index in [-0.39, 0.29) is 11.9 Å². The quantitative estimate of drug-likeness (QED) is 0.619. The highest BCUT2D eigenvalue weighted by atomic mass is 19.1. The standard InChI is InChI=1S/C16H26FN/c1-3-4-5-6-7-8-13-16(18-2)14-11-9-10-12-15(14)17/h9-12,16,18H,3-8,13H2,1-2H3. The summed E-state index contributed by atoms with van der Waals surface area (Å²) in [5.41, 5.74) is 0.800. The average molecular weight is 251 g/mol. The number of hydrogen-bond acceptors (Lipinski definition) is 1. The van der Waals surface area contributed by atoms with Crippen molar-refractivity contribution in [1.82, 2.24) is 5.32 Å². The number of rotatable bonds is 9. The number of hydrogen-bond donors (Lipinski definition) is 1. The number of halogens is 1. The fourth-order valence-corrected chi connectivity index (χ4v) is 2.34. The third-order valence-corrected chi connectivity index (χ3v) is 3.48. The summed E-state index contributed by atoms with van der Waals surface area (Å²) in [6.07, 6.45) is 8.71. The number of benzene rings is 1. The van der Waals surface area contributed by atoms with Gasteiger partial charge in [-0.1, -0.05) is 63.6 Å². The zero-order valence-corrected chi connectivity index (χ0v) is 11.7. The Hall–Kier alpha value is -0.890. The van der Waals surface area contributed by atoms with Gasteiger partial charge in [0.05, 0.1) is 0 Å². The SMILES string of the molecule is CCCCCCCCC(NC)c1ccccc1F. The van der Waals surface area contributed by atoms with Gasteiger partial charge in [-0.05, 0) is 19.5 Å². The second kappa shape index (κ2) is 9.09. The largest absolute Gasteiger partial charge is 0.313 e. The molecule has 1 aromatic carbocycles. The highest BCUT2D eigenvalue weighted by Gasteiger charge is 2.12. The molecule has 1 nitrogen and oxygen atoms in total. The molecule has 0 heterocycles. The lowest BCUT2D eigenvalue weighted by atomic mass is 9.99. The second-order valence-corrected chi connectivity index (χ2v) is 4.92. The molecule has 0 aliphatic heterocycles. The van der Waals surface area contributed by atoms with Crippen molar-refractivity contribution >= 4 is 0 Å². The summed E-state index contributed by atoms with van der Waals surface area (Å²) >= 11 is 0. The van der Waals surface area contributed by atoms with E-state index in [1.165, 1.54) is 38.5 Å². The first-order valence-electron chi connectivity index (χ1n) is 7.21. The summed E-state index contributed by atoms with van der Waals surface area (Å²) in [6.45, 7) is 2.23. The third kappa shape index (κ3) is 5.18. The van der Waals surface area contributed by atoms with E-state index in [0.717, 1.165) is 12.0 Å². The fraction of sp³-hybridized carbons (Fsp3) is 0.625. The zero-order valence-electron chi connectivity index (χ0n) is 11.7. The summed E-state index contributed by atoms with van der Waals surface area (Å²) in [6, 6.07) is 7.23. The van der Waals surface area contributed by atoms with E-state index in [0.29, 0.717) is 0 Å². The lowest BCUT2D eigenvalue weighted by Gasteiger charge is -2.17. The molecule has 0 radical (unpaired) electrons. The molecule has 1 atom stereocenters. The second-order valence-electron chi connectivity index (χ2n) is 4.92. The van der Waals surface area contributed by atoms with Crippen LogP contribution in [0.2, 0.25) is 0 Å². The van der Waals surface area contributed by atoms with Crippen LogP contribution in [-0.4, -0.2) is 7.05 Å². The minimum Gasteiger partial charge on any atom is -0.313 e. The smallest absolute Gasteiger partial charge is 0.127 e. The van der Waals surface area contributed by atoms with E-state index >= 15 is 0 Å². The van der Waals surface area contributed by atoms with Crippen LogP contribution < -0.4 is 5.32 Å². The third-order valence-electron chi connectivity index (χ3n) is 3.48. The molecule has 1 aromatic rings. The van der Waals surface area contributed by atoms with Gasteiger partial charge in [-0.15, -0.1) is 0 Å². The maximum atomic E-state index is 13.7. The predicted octanol–water partition coefficient (Wildman–Crippen LogP) is 4.84. The van der Waals surface area contributed by atoms with Crippen LogP contribution in [0, 0.1) is 5.82 Å². The number of unbranched alkanes of at least 4 members (excludes halogenated alkanes) is 5. The van der Waals surface area contributed by atoms with Crippen molar-refractivity contribution in [3.8, 4) is 0 Å². The molecule has 102 valence electrons. The van der Waals surface area contributed by atoms with Crippen molar-refractivity contribution in [2.75, 3.05) is 7.05 Å². The van der Waals surface area contributed by atoms with Gasteiger partial charge in [-0.3, -0.25) is 0 Å². The first kappa shape index (κ1) is 15.2. The first-order valence-corrected chi connectivity index (χ1v) is 7.21. The average Bonchev–Trinajstić information content (AvgIpc) is 2.39. The van der Waals surface area contributed by atoms with Gasteiger partial charge in [-0.2, -0.15) is 0 Å². The zero-order chi connectivity index (χ0) is 13.2. The molecule has 1 rings (SSSR count). The van der Waals surface area contributed by atoms with E-state index in [4.69, 9.17) is 0 Å². The highest BCUT2D eigenvalue weighted by molar-refractivity contribution is 5.20. The van der Waals surface area contributed by atoms with Crippen LogP contribution in [-0.2, 0) is 0 Å². The van der Waals surface area contributed by atoms with Gasteiger partial charge in [0.1, 0.15) is 5.82 Å². The van der Waals surface area contributed by atoms with Gasteiger partial charge in [0, 0.05) is 11.6 Å². The molecule has 2 heteroatoms. The van der Waals surface area contributed by atoms with Gasteiger partial charge < -0.3 is 5.32 Å². The maximum Gasteiger partial charge on any atom is 0.127 e. The van der Waals surface area contributed by atoms with Crippen LogP contribution in [0.1, 0.15) is 63.5 Å². The van der Waals surface area contributed by atoms with Gasteiger partial charge in [0.25, 0.3) is 0 Å². The molecule has 1 N–H and O–H groups in total. The highest BCUT2D eigenvalue weighted by Crippen LogP contribution is 2.22. The molecule has 0 amide bonds. The molecule has 1 unspecified atom stereocenters. The Labute approximate surface area is 111 Å². The molecule has 0 aromatic heterocycles. The van der Waals surface area contributed by atoms with Crippen LogP contribution in [0.25, 0.3) is 0 Å². The van der Waals surface area contributed by atoms with Crippen LogP contribution >= 0.6 is 0 Å². The summed E-state index contributed by atoms with van der Waals surface area (Å²) in [4.78, 5) is 0. The summed E-state index contributed by atoms with van der Waals surface area (Å²) < 4.78 is 13.7. The van der Waals surface area contributed by atoms with E-state index in [1.54, 1.807) is 12.1 Å². The van der Waals surface area contributed by atoms with Crippen molar-refractivity contribution in [2.45, 2.75) is 57.9 Å². The van der Waals surface area contributed by atoms with Crippen LogP contribution in [0.15, 0.2) is 24.3 Å². The normalized spacial score (nSPS) is 12.6. The van der Waals surface area contributed by atoms with Crippen molar-refractivity contribution in [1.29, 1.82) is 0 Å². The molecule has 0 saturated carbocycles. The molecule has 18 heavy (non-hydrogen) atoms. The van der Waals surface area contributed by atoms with Crippen molar-refractivity contribution < 1.29 is 4.39 Å². The lowest BCUT2D eigenvalue weighted by molar-refractivity contribution is 0.476. The van der Waals surface area contributed by atoms with Gasteiger partial charge in [0.2, 0.25) is 0 Å². The van der Waals surface area contributed by atoms with Crippen molar-refractivity contribution in [2.24, 2.45) is 0 Å². The molecule has 0 saturated heterocycles.